The first kappa shape index (κ1) is 24.0. The number of carbonyl (C=O) groups excluding carboxylic acids is 2. The molecule has 2 aliphatic rings. The third-order valence-corrected chi connectivity index (χ3v) is 8.01. The van der Waals surface area contributed by atoms with Gasteiger partial charge in [-0.1, -0.05) is 12.1 Å². The van der Waals surface area contributed by atoms with Crippen LogP contribution in [0, 0.1) is 23.2 Å². The molecular formula is C20H22F3N3O5S. The number of nitrogens with one attached hydrogen (secondary N) is 1. The van der Waals surface area contributed by atoms with Crippen LogP contribution in [-0.2, 0) is 30.3 Å². The van der Waals surface area contributed by atoms with E-state index in [1.807, 2.05) is 0 Å². The zero-order valence-electron chi connectivity index (χ0n) is 17.0. The van der Waals surface area contributed by atoms with Gasteiger partial charge < -0.3 is 15.0 Å². The van der Waals surface area contributed by atoms with Gasteiger partial charge in [0.15, 0.2) is 9.84 Å². The van der Waals surface area contributed by atoms with Gasteiger partial charge in [0.25, 0.3) is 0 Å². The van der Waals surface area contributed by atoms with E-state index in [2.05, 4.69) is 5.32 Å². The number of benzene rings is 1. The average molecular weight is 473 g/mol. The normalized spacial score (nSPS) is 24.1. The van der Waals surface area contributed by atoms with Crippen molar-refractivity contribution in [2.75, 3.05) is 32.8 Å². The van der Waals surface area contributed by atoms with Gasteiger partial charge in [-0.15, -0.1) is 0 Å². The Bertz CT molecular complexity index is 1020. The molecule has 0 spiro atoms. The van der Waals surface area contributed by atoms with Crippen LogP contribution in [0.25, 0.3) is 0 Å². The predicted octanol–water partition coefficient (Wildman–Crippen LogP) is 1.37. The summed E-state index contributed by atoms with van der Waals surface area (Å²) in [5.41, 5.74) is -1.28. The van der Waals surface area contributed by atoms with E-state index in [9.17, 15) is 31.2 Å². The van der Waals surface area contributed by atoms with E-state index in [4.69, 9.17) is 10.00 Å². The lowest BCUT2D eigenvalue weighted by Crippen LogP contribution is -2.46. The third kappa shape index (κ3) is 4.88. The molecule has 2 amide bonds. The van der Waals surface area contributed by atoms with Gasteiger partial charge in [-0.2, -0.15) is 18.4 Å². The first-order valence-corrected chi connectivity index (χ1v) is 11.5. The topological polar surface area (TPSA) is 117 Å². The number of halogens is 3. The molecule has 1 aliphatic carbocycles. The Morgan fingerprint density at radius 1 is 1.16 bits per heavy atom. The molecule has 3 rings (SSSR count). The summed E-state index contributed by atoms with van der Waals surface area (Å²) in [6, 6.07) is 5.61. The van der Waals surface area contributed by atoms with Crippen molar-refractivity contribution in [1.82, 2.24) is 10.2 Å². The Morgan fingerprint density at radius 3 is 2.41 bits per heavy atom. The van der Waals surface area contributed by atoms with Gasteiger partial charge in [-0.3, -0.25) is 9.59 Å². The average Bonchev–Trinajstić information content (AvgIpc) is 3.23. The zero-order chi connectivity index (χ0) is 23.5. The first-order chi connectivity index (χ1) is 15.1. The maximum absolute atomic E-state index is 13.4. The molecule has 32 heavy (non-hydrogen) atoms. The van der Waals surface area contributed by atoms with Crippen molar-refractivity contribution in [3.63, 3.8) is 0 Å². The molecule has 1 aliphatic heterocycles. The molecule has 1 saturated carbocycles. The molecule has 3 atom stereocenters. The third-order valence-electron chi connectivity index (χ3n) is 5.78. The van der Waals surface area contributed by atoms with Crippen molar-refractivity contribution in [3.05, 3.63) is 29.8 Å². The molecule has 1 saturated heterocycles. The number of sulfone groups is 1. The van der Waals surface area contributed by atoms with Crippen LogP contribution in [0.2, 0.25) is 0 Å². The molecule has 1 aromatic rings. The van der Waals surface area contributed by atoms with E-state index >= 15 is 0 Å². The van der Waals surface area contributed by atoms with Gasteiger partial charge in [0, 0.05) is 13.1 Å². The lowest BCUT2D eigenvalue weighted by molar-refractivity contribution is -0.144. The molecule has 0 radical (unpaired) electrons. The fraction of sp³-hybridized carbons (Fsp3) is 0.550. The largest absolute Gasteiger partial charge is 0.417 e. The molecule has 1 heterocycles. The Kier molecular flexibility index (Phi) is 7.09. The van der Waals surface area contributed by atoms with E-state index < -0.39 is 55.4 Å². The van der Waals surface area contributed by atoms with Crippen LogP contribution in [0.4, 0.5) is 13.2 Å². The molecule has 0 bridgehead atoms. The number of hydrogen-bond acceptors (Lipinski definition) is 6. The summed E-state index contributed by atoms with van der Waals surface area (Å²) < 4.78 is 71.9. The highest BCUT2D eigenvalue weighted by Gasteiger charge is 2.50. The molecule has 174 valence electrons. The lowest BCUT2D eigenvalue weighted by atomic mass is 9.93. The van der Waals surface area contributed by atoms with Crippen LogP contribution in [0.15, 0.2) is 29.2 Å². The van der Waals surface area contributed by atoms with Crippen molar-refractivity contribution >= 4 is 21.7 Å². The second-order valence-electron chi connectivity index (χ2n) is 7.66. The second-order valence-corrected chi connectivity index (χ2v) is 9.86. The highest BCUT2D eigenvalue weighted by atomic mass is 32.2. The van der Waals surface area contributed by atoms with Crippen molar-refractivity contribution in [3.8, 4) is 6.07 Å². The maximum Gasteiger partial charge on any atom is 0.417 e. The summed E-state index contributed by atoms with van der Waals surface area (Å²) in [7, 11) is -4.50. The smallest absolute Gasteiger partial charge is 0.378 e. The highest BCUT2D eigenvalue weighted by molar-refractivity contribution is 7.92. The minimum Gasteiger partial charge on any atom is -0.378 e. The van der Waals surface area contributed by atoms with E-state index in [0.717, 1.165) is 12.1 Å². The summed E-state index contributed by atoms with van der Waals surface area (Å²) in [5, 5.41) is 9.71. The molecule has 1 aromatic carbocycles. The number of morpholine rings is 1. The summed E-state index contributed by atoms with van der Waals surface area (Å²) in [5.74, 6) is -3.20. The fourth-order valence-electron chi connectivity index (χ4n) is 4.21. The van der Waals surface area contributed by atoms with Crippen molar-refractivity contribution in [2.45, 2.75) is 29.2 Å². The maximum atomic E-state index is 13.4. The van der Waals surface area contributed by atoms with Crippen LogP contribution in [-0.4, -0.2) is 63.2 Å². The molecular weight excluding hydrogens is 451 g/mol. The Morgan fingerprint density at radius 2 is 1.78 bits per heavy atom. The van der Waals surface area contributed by atoms with E-state index in [1.165, 1.54) is 11.0 Å². The second kappa shape index (κ2) is 9.46. The number of amides is 2. The quantitative estimate of drug-likeness (QED) is 0.646. The SMILES string of the molecule is N#CCNC(=O)[C@@H]1C[C@@H](S(=O)(=O)c2ccccc2C(F)(F)F)C[C@H]1C(=O)N1CCOCC1. The van der Waals surface area contributed by atoms with Gasteiger partial charge in [-0.05, 0) is 25.0 Å². The summed E-state index contributed by atoms with van der Waals surface area (Å²) >= 11 is 0. The zero-order valence-corrected chi connectivity index (χ0v) is 17.8. The van der Waals surface area contributed by atoms with Crippen molar-refractivity contribution in [2.24, 2.45) is 11.8 Å². The lowest BCUT2D eigenvalue weighted by Gasteiger charge is -2.30. The summed E-state index contributed by atoms with van der Waals surface area (Å²) in [6.45, 7) is 0.809. The number of hydrogen-bond donors (Lipinski definition) is 1. The van der Waals surface area contributed by atoms with Gasteiger partial charge in [0.05, 0.1) is 46.8 Å². The van der Waals surface area contributed by atoms with Crippen LogP contribution >= 0.6 is 0 Å². The summed E-state index contributed by atoms with van der Waals surface area (Å²) in [4.78, 5) is 26.3. The van der Waals surface area contributed by atoms with Crippen molar-refractivity contribution in [1.29, 1.82) is 5.26 Å². The van der Waals surface area contributed by atoms with Crippen LogP contribution in [0.1, 0.15) is 18.4 Å². The summed E-state index contributed by atoms with van der Waals surface area (Å²) in [6.07, 6.45) is -5.48. The Labute approximate surface area is 183 Å². The Hall–Kier alpha value is -2.65. The number of nitrogens with zero attached hydrogens (tertiary/aromatic N) is 2. The number of carbonyl (C=O) groups is 2. The first-order valence-electron chi connectivity index (χ1n) is 9.98. The molecule has 0 unspecified atom stereocenters. The van der Waals surface area contributed by atoms with Gasteiger partial charge >= 0.3 is 6.18 Å². The van der Waals surface area contributed by atoms with Crippen LogP contribution in [0.5, 0.6) is 0 Å². The van der Waals surface area contributed by atoms with E-state index in [0.29, 0.717) is 19.3 Å². The monoisotopic (exact) mass is 473 g/mol. The number of rotatable bonds is 5. The predicted molar refractivity (Wildman–Crippen MR) is 105 cm³/mol. The standard InChI is InChI=1S/C20H22F3N3O5S/c21-20(22,23)16-3-1-2-4-17(16)32(29,30)13-11-14(18(27)25-6-5-24)15(12-13)19(28)26-7-9-31-10-8-26/h1-4,13-15H,6-12H2,(H,25,27)/t13-,14-,15-/m1/s1. The minimum atomic E-state index is -4.88. The van der Waals surface area contributed by atoms with Gasteiger partial charge in [0.1, 0.15) is 6.54 Å². The van der Waals surface area contributed by atoms with Gasteiger partial charge in [0.2, 0.25) is 11.8 Å². The molecule has 8 nitrogen and oxygen atoms in total. The fourth-order valence-corrected chi connectivity index (χ4v) is 6.25. The van der Waals surface area contributed by atoms with E-state index in [1.54, 1.807) is 6.07 Å². The van der Waals surface area contributed by atoms with E-state index in [-0.39, 0.29) is 32.5 Å². The number of nitriles is 1. The molecule has 2 fully saturated rings. The number of alkyl halides is 3. The minimum absolute atomic E-state index is 0.274. The van der Waals surface area contributed by atoms with Crippen LogP contribution in [0.3, 0.4) is 0 Å². The molecule has 0 aromatic heterocycles. The highest BCUT2D eigenvalue weighted by Crippen LogP contribution is 2.42. The number of ether oxygens (including phenoxy) is 1. The van der Waals surface area contributed by atoms with Crippen molar-refractivity contribution < 1.29 is 35.9 Å². The van der Waals surface area contributed by atoms with Gasteiger partial charge in [-0.25, -0.2) is 8.42 Å². The molecule has 12 heteroatoms. The Balaban J connectivity index is 1.93. The molecule has 1 N–H and O–H groups in total. The van der Waals surface area contributed by atoms with Crippen LogP contribution < -0.4 is 5.32 Å².